The summed E-state index contributed by atoms with van der Waals surface area (Å²) in [5.41, 5.74) is 10.9. The Hall–Kier alpha value is -2.59. The third-order valence-corrected chi connectivity index (χ3v) is 6.73. The average molecular weight is 555 g/mol. The Morgan fingerprint density at radius 3 is 1.05 bits per heavy atom. The molecule has 206 valence electrons. The van der Waals surface area contributed by atoms with Crippen molar-refractivity contribution in [3.63, 3.8) is 0 Å². The first kappa shape index (κ1) is 33.4. The minimum Gasteiger partial charge on any atom is -0.344 e. The molecule has 0 saturated carbocycles. The first-order valence-electron chi connectivity index (χ1n) is 13.3. The molecule has 5 heteroatoms. The van der Waals surface area contributed by atoms with Gasteiger partial charge in [0, 0.05) is 17.1 Å². The number of hydrogen-bond donors (Lipinski definition) is 1. The standard InChI is InChI=1S/C33H43N3.Fe.H3N/c1-20(2)26-14-11-15-27(21(3)4)32(26)34-24(9)30-18-13-19-31(36-30)25(10)35-33-28(22(5)6)16-12-17-29(33)23(7)8;;/h11-23H,1-10H3;;1H3. The SMILES string of the molecule is CC(=Nc1c(C(C)C)cccc1C(C)C)c1cccc(C(C)=Nc2c(C(C)C)cccc2C(C)C)n1.N.[Fe]. The Balaban J connectivity index is 0.00000361. The van der Waals surface area contributed by atoms with E-state index < -0.39 is 0 Å². The summed E-state index contributed by atoms with van der Waals surface area (Å²) in [7, 11) is 0. The maximum absolute atomic E-state index is 5.15. The van der Waals surface area contributed by atoms with Crippen molar-refractivity contribution in [3.05, 3.63) is 88.2 Å². The van der Waals surface area contributed by atoms with Crippen LogP contribution in [-0.2, 0) is 17.1 Å². The number of aromatic nitrogens is 1. The fourth-order valence-corrected chi connectivity index (χ4v) is 4.57. The van der Waals surface area contributed by atoms with E-state index in [0.29, 0.717) is 23.7 Å². The molecule has 0 aliphatic rings. The summed E-state index contributed by atoms with van der Waals surface area (Å²) in [4.78, 5) is 15.3. The van der Waals surface area contributed by atoms with Crippen molar-refractivity contribution in [3.8, 4) is 0 Å². The van der Waals surface area contributed by atoms with Crippen molar-refractivity contribution < 1.29 is 17.1 Å². The Labute approximate surface area is 241 Å². The molecule has 0 aliphatic carbocycles. The second-order valence-corrected chi connectivity index (χ2v) is 11.0. The fourth-order valence-electron chi connectivity index (χ4n) is 4.57. The number of hydrogen-bond acceptors (Lipinski definition) is 4. The summed E-state index contributed by atoms with van der Waals surface area (Å²) in [5, 5.41) is 0. The molecule has 4 nitrogen and oxygen atoms in total. The molecule has 0 saturated heterocycles. The summed E-state index contributed by atoms with van der Waals surface area (Å²) >= 11 is 0. The third kappa shape index (κ3) is 7.72. The van der Waals surface area contributed by atoms with Crippen molar-refractivity contribution in [1.29, 1.82) is 0 Å². The van der Waals surface area contributed by atoms with Crippen molar-refractivity contribution in [2.75, 3.05) is 0 Å². The predicted octanol–water partition coefficient (Wildman–Crippen LogP) is 10.0. The van der Waals surface area contributed by atoms with Gasteiger partial charge < -0.3 is 6.15 Å². The van der Waals surface area contributed by atoms with Gasteiger partial charge in [0.05, 0.1) is 34.2 Å². The van der Waals surface area contributed by atoms with Crippen molar-refractivity contribution in [2.45, 2.75) is 92.9 Å². The molecule has 0 fully saturated rings. The van der Waals surface area contributed by atoms with Crippen LogP contribution in [0.3, 0.4) is 0 Å². The number of pyridine rings is 1. The first-order valence-corrected chi connectivity index (χ1v) is 13.3. The van der Waals surface area contributed by atoms with Gasteiger partial charge in [0.2, 0.25) is 0 Å². The quantitative estimate of drug-likeness (QED) is 0.222. The Morgan fingerprint density at radius 2 is 0.789 bits per heavy atom. The molecule has 0 radical (unpaired) electrons. The monoisotopic (exact) mass is 554 g/mol. The van der Waals surface area contributed by atoms with E-state index >= 15 is 0 Å². The molecule has 0 spiro atoms. The molecule has 1 aromatic heterocycles. The first-order chi connectivity index (χ1) is 17.0. The molecule has 0 aliphatic heterocycles. The number of rotatable bonds is 8. The van der Waals surface area contributed by atoms with Gasteiger partial charge in [-0.2, -0.15) is 0 Å². The van der Waals surface area contributed by atoms with Crippen molar-refractivity contribution >= 4 is 22.8 Å². The zero-order chi connectivity index (χ0) is 26.6. The zero-order valence-corrected chi connectivity index (χ0v) is 26.0. The topological polar surface area (TPSA) is 72.6 Å². The van der Waals surface area contributed by atoms with Gasteiger partial charge in [-0.05, 0) is 71.9 Å². The van der Waals surface area contributed by atoms with Crippen LogP contribution in [0.15, 0.2) is 64.6 Å². The minimum absolute atomic E-state index is 0. The molecular weight excluding hydrogens is 508 g/mol. The van der Waals surface area contributed by atoms with Crippen LogP contribution in [0.4, 0.5) is 11.4 Å². The summed E-state index contributed by atoms with van der Waals surface area (Å²) in [6.45, 7) is 22.0. The summed E-state index contributed by atoms with van der Waals surface area (Å²) in [6, 6.07) is 19.2. The van der Waals surface area contributed by atoms with Crippen molar-refractivity contribution in [2.24, 2.45) is 9.98 Å². The molecule has 3 N–H and O–H groups in total. The van der Waals surface area contributed by atoms with Crippen LogP contribution < -0.4 is 6.15 Å². The molecular formula is C33H46FeN4. The van der Waals surface area contributed by atoms with Gasteiger partial charge in [-0.3, -0.25) is 9.98 Å². The maximum Gasteiger partial charge on any atom is 0.0849 e. The Morgan fingerprint density at radius 1 is 0.526 bits per heavy atom. The van der Waals surface area contributed by atoms with Gasteiger partial charge >= 0.3 is 0 Å². The number of aliphatic imine (C=N–C) groups is 2. The van der Waals surface area contributed by atoms with E-state index in [1.165, 1.54) is 22.3 Å². The molecule has 0 bridgehead atoms. The smallest absolute Gasteiger partial charge is 0.0849 e. The van der Waals surface area contributed by atoms with E-state index in [9.17, 15) is 0 Å². The second kappa shape index (κ2) is 14.5. The van der Waals surface area contributed by atoms with E-state index in [1.807, 2.05) is 12.1 Å². The number of benzene rings is 2. The molecule has 1 heterocycles. The molecule has 38 heavy (non-hydrogen) atoms. The van der Waals surface area contributed by atoms with Crippen molar-refractivity contribution in [1.82, 2.24) is 11.1 Å². The van der Waals surface area contributed by atoms with E-state index in [2.05, 4.69) is 112 Å². The van der Waals surface area contributed by atoms with Crippen LogP contribution in [0.1, 0.15) is 127 Å². The molecule has 0 unspecified atom stereocenters. The summed E-state index contributed by atoms with van der Waals surface area (Å²) in [5.74, 6) is 1.61. The van der Waals surface area contributed by atoms with Gasteiger partial charge in [-0.15, -0.1) is 0 Å². The van der Waals surface area contributed by atoms with Crippen LogP contribution in [0, 0.1) is 0 Å². The fraction of sp³-hybridized carbons (Fsp3) is 0.424. The molecule has 0 amide bonds. The van der Waals surface area contributed by atoms with E-state index in [-0.39, 0.29) is 23.2 Å². The zero-order valence-electron chi connectivity index (χ0n) is 24.9. The molecule has 0 atom stereocenters. The van der Waals surface area contributed by atoms with Gasteiger partial charge in [-0.25, -0.2) is 4.98 Å². The van der Waals surface area contributed by atoms with Crippen LogP contribution in [0.25, 0.3) is 0 Å². The van der Waals surface area contributed by atoms with Gasteiger partial charge in [0.15, 0.2) is 0 Å². The van der Waals surface area contributed by atoms with Crippen LogP contribution >= 0.6 is 0 Å². The third-order valence-electron chi connectivity index (χ3n) is 6.73. The Kier molecular flexibility index (Phi) is 12.8. The van der Waals surface area contributed by atoms with E-state index in [0.717, 1.165) is 34.2 Å². The molecule has 3 rings (SSSR count). The average Bonchev–Trinajstić information content (AvgIpc) is 2.83. The van der Waals surface area contributed by atoms with E-state index in [4.69, 9.17) is 15.0 Å². The predicted molar refractivity (Wildman–Crippen MR) is 162 cm³/mol. The van der Waals surface area contributed by atoms with Gasteiger partial charge in [-0.1, -0.05) is 97.9 Å². The number of para-hydroxylation sites is 2. The summed E-state index contributed by atoms with van der Waals surface area (Å²) in [6.07, 6.45) is 0. The second-order valence-electron chi connectivity index (χ2n) is 11.0. The number of nitrogens with zero attached hydrogens (tertiary/aromatic N) is 3. The van der Waals surface area contributed by atoms with Gasteiger partial charge in [0.1, 0.15) is 0 Å². The minimum atomic E-state index is 0. The molecule has 2 aromatic carbocycles. The van der Waals surface area contributed by atoms with Crippen LogP contribution in [-0.4, -0.2) is 16.4 Å². The molecule has 3 aromatic rings. The maximum atomic E-state index is 5.15. The Bertz CT molecular complexity index is 1120. The largest absolute Gasteiger partial charge is 0.344 e. The van der Waals surface area contributed by atoms with Crippen LogP contribution in [0.5, 0.6) is 0 Å². The van der Waals surface area contributed by atoms with E-state index in [1.54, 1.807) is 0 Å². The van der Waals surface area contributed by atoms with Gasteiger partial charge in [0.25, 0.3) is 0 Å². The normalized spacial score (nSPS) is 12.3. The van der Waals surface area contributed by atoms with Crippen LogP contribution in [0.2, 0.25) is 0 Å². The summed E-state index contributed by atoms with van der Waals surface area (Å²) < 4.78 is 0.